The Morgan fingerprint density at radius 1 is 1.38 bits per heavy atom. The summed E-state index contributed by atoms with van der Waals surface area (Å²) in [5, 5.41) is 3.67. The fraction of sp³-hybridized carbons (Fsp3) is 0.273. The van der Waals surface area contributed by atoms with E-state index in [1.54, 1.807) is 26.4 Å². The quantitative estimate of drug-likeness (QED) is 0.900. The van der Waals surface area contributed by atoms with Crippen molar-refractivity contribution in [2.24, 2.45) is 0 Å². The predicted octanol–water partition coefficient (Wildman–Crippen LogP) is 3.68. The maximum absolute atomic E-state index is 5.98. The van der Waals surface area contributed by atoms with Gasteiger partial charge in [0.15, 0.2) is 0 Å². The van der Waals surface area contributed by atoms with Crippen molar-refractivity contribution in [2.45, 2.75) is 0 Å². The summed E-state index contributed by atoms with van der Waals surface area (Å²) in [4.78, 5) is 0. The first-order valence-electron chi connectivity index (χ1n) is 4.57. The van der Waals surface area contributed by atoms with Gasteiger partial charge in [0, 0.05) is 23.2 Å². The molecule has 0 amide bonds. The minimum Gasteiger partial charge on any atom is -0.495 e. The van der Waals surface area contributed by atoms with Gasteiger partial charge in [-0.3, -0.25) is 0 Å². The normalized spacial score (nSPS) is 9.75. The van der Waals surface area contributed by atoms with E-state index >= 15 is 0 Å². The minimum atomic E-state index is 0.516. The standard InChI is InChI=1S/C11H13BrClNO2/c1-7(12)6-14-9-5-10(15-2)8(13)4-11(9)16-3/h4-5,14H,1,6H2,2-3H3. The third kappa shape index (κ3) is 3.32. The number of hydrogen-bond donors (Lipinski definition) is 1. The Bertz CT molecular complexity index is 396. The second kappa shape index (κ2) is 6.01. The minimum absolute atomic E-state index is 0.516. The second-order valence-electron chi connectivity index (χ2n) is 3.06. The van der Waals surface area contributed by atoms with E-state index in [4.69, 9.17) is 21.1 Å². The number of anilines is 1. The monoisotopic (exact) mass is 305 g/mol. The highest BCUT2D eigenvalue weighted by molar-refractivity contribution is 9.11. The maximum Gasteiger partial charge on any atom is 0.143 e. The Balaban J connectivity index is 2.99. The zero-order valence-electron chi connectivity index (χ0n) is 9.14. The molecule has 88 valence electrons. The van der Waals surface area contributed by atoms with Crippen LogP contribution in [0, 0.1) is 0 Å². The molecule has 0 saturated carbocycles. The Morgan fingerprint density at radius 2 is 2.00 bits per heavy atom. The van der Waals surface area contributed by atoms with Crippen molar-refractivity contribution in [1.29, 1.82) is 0 Å². The Kier molecular flexibility index (Phi) is 4.96. The first kappa shape index (κ1) is 13.2. The van der Waals surface area contributed by atoms with Crippen molar-refractivity contribution in [2.75, 3.05) is 26.1 Å². The largest absolute Gasteiger partial charge is 0.495 e. The fourth-order valence-electron chi connectivity index (χ4n) is 1.19. The van der Waals surface area contributed by atoms with Crippen LogP contribution in [-0.2, 0) is 0 Å². The third-order valence-electron chi connectivity index (χ3n) is 1.94. The van der Waals surface area contributed by atoms with Crippen molar-refractivity contribution < 1.29 is 9.47 Å². The molecule has 5 heteroatoms. The molecule has 0 unspecified atom stereocenters. The molecule has 0 aromatic heterocycles. The highest BCUT2D eigenvalue weighted by Gasteiger charge is 2.09. The highest BCUT2D eigenvalue weighted by Crippen LogP contribution is 2.35. The van der Waals surface area contributed by atoms with Crippen LogP contribution in [0.2, 0.25) is 5.02 Å². The van der Waals surface area contributed by atoms with Gasteiger partial charge in [-0.1, -0.05) is 34.1 Å². The van der Waals surface area contributed by atoms with Gasteiger partial charge in [0.25, 0.3) is 0 Å². The molecule has 0 aliphatic carbocycles. The van der Waals surface area contributed by atoms with E-state index in [9.17, 15) is 0 Å². The SMILES string of the molecule is C=C(Br)CNc1cc(OC)c(Cl)cc1OC. The lowest BCUT2D eigenvalue weighted by Crippen LogP contribution is -2.03. The number of ether oxygens (including phenoxy) is 2. The second-order valence-corrected chi connectivity index (χ2v) is 4.59. The summed E-state index contributed by atoms with van der Waals surface area (Å²) in [6.45, 7) is 4.34. The van der Waals surface area contributed by atoms with Crippen molar-refractivity contribution in [3.8, 4) is 11.5 Å². The summed E-state index contributed by atoms with van der Waals surface area (Å²) in [6.07, 6.45) is 0. The summed E-state index contributed by atoms with van der Waals surface area (Å²) < 4.78 is 11.2. The molecule has 0 aliphatic rings. The lowest BCUT2D eigenvalue weighted by Gasteiger charge is -2.13. The number of halogens is 2. The number of methoxy groups -OCH3 is 2. The first-order chi connectivity index (χ1) is 7.58. The molecule has 0 fully saturated rings. The Labute approximate surface area is 109 Å². The molecule has 3 nitrogen and oxygen atoms in total. The molecule has 0 spiro atoms. The van der Waals surface area contributed by atoms with Crippen LogP contribution in [0.25, 0.3) is 0 Å². The average Bonchev–Trinajstić information content (AvgIpc) is 2.26. The van der Waals surface area contributed by atoms with E-state index in [0.29, 0.717) is 23.1 Å². The molecule has 0 aliphatic heterocycles. The third-order valence-corrected chi connectivity index (χ3v) is 2.52. The number of benzene rings is 1. The van der Waals surface area contributed by atoms with E-state index in [1.165, 1.54) is 0 Å². The van der Waals surface area contributed by atoms with Gasteiger partial charge in [-0.2, -0.15) is 0 Å². The smallest absolute Gasteiger partial charge is 0.143 e. The summed E-state index contributed by atoms with van der Waals surface area (Å²) in [5.41, 5.74) is 0.810. The van der Waals surface area contributed by atoms with Crippen molar-refractivity contribution in [3.05, 3.63) is 28.2 Å². The van der Waals surface area contributed by atoms with Crippen LogP contribution in [0.3, 0.4) is 0 Å². The van der Waals surface area contributed by atoms with Gasteiger partial charge in [-0.25, -0.2) is 0 Å². The topological polar surface area (TPSA) is 30.5 Å². The number of rotatable bonds is 5. The molecule has 1 N–H and O–H groups in total. The van der Waals surface area contributed by atoms with Crippen molar-refractivity contribution in [3.63, 3.8) is 0 Å². The first-order valence-corrected chi connectivity index (χ1v) is 5.74. The molecule has 0 bridgehead atoms. The summed E-state index contributed by atoms with van der Waals surface area (Å²) in [5.74, 6) is 1.27. The highest BCUT2D eigenvalue weighted by atomic mass is 79.9. The number of nitrogens with one attached hydrogen (secondary N) is 1. The Morgan fingerprint density at radius 3 is 2.50 bits per heavy atom. The molecular formula is C11H13BrClNO2. The van der Waals surface area contributed by atoms with Crippen LogP contribution < -0.4 is 14.8 Å². The molecule has 1 rings (SSSR count). The summed E-state index contributed by atoms with van der Waals surface area (Å²) >= 11 is 9.26. The predicted molar refractivity (Wildman–Crippen MR) is 71.1 cm³/mol. The molecule has 0 atom stereocenters. The van der Waals surface area contributed by atoms with Gasteiger partial charge in [0.2, 0.25) is 0 Å². The van der Waals surface area contributed by atoms with Gasteiger partial charge in [0.1, 0.15) is 11.5 Å². The van der Waals surface area contributed by atoms with Crippen LogP contribution in [0.5, 0.6) is 11.5 Å². The van der Waals surface area contributed by atoms with E-state index in [2.05, 4.69) is 27.8 Å². The van der Waals surface area contributed by atoms with Crippen LogP contribution in [0.4, 0.5) is 5.69 Å². The lowest BCUT2D eigenvalue weighted by atomic mass is 10.2. The van der Waals surface area contributed by atoms with Gasteiger partial charge < -0.3 is 14.8 Å². The molecule has 0 saturated heterocycles. The average molecular weight is 307 g/mol. The van der Waals surface area contributed by atoms with E-state index in [0.717, 1.165) is 10.2 Å². The molecule has 1 aromatic rings. The zero-order chi connectivity index (χ0) is 12.1. The lowest BCUT2D eigenvalue weighted by molar-refractivity contribution is 0.405. The molecular weight excluding hydrogens is 293 g/mol. The van der Waals surface area contributed by atoms with Crippen molar-refractivity contribution >= 4 is 33.2 Å². The Hall–Kier alpha value is -0.870. The van der Waals surface area contributed by atoms with Gasteiger partial charge in [-0.05, 0) is 0 Å². The van der Waals surface area contributed by atoms with Crippen LogP contribution in [0.1, 0.15) is 0 Å². The molecule has 1 aromatic carbocycles. The van der Waals surface area contributed by atoms with Crippen LogP contribution in [-0.4, -0.2) is 20.8 Å². The van der Waals surface area contributed by atoms with Crippen LogP contribution in [0.15, 0.2) is 23.2 Å². The zero-order valence-corrected chi connectivity index (χ0v) is 11.5. The molecule has 16 heavy (non-hydrogen) atoms. The summed E-state index contributed by atoms with van der Waals surface area (Å²) in [7, 11) is 3.16. The number of hydrogen-bond acceptors (Lipinski definition) is 3. The molecule has 0 radical (unpaired) electrons. The fourth-order valence-corrected chi connectivity index (χ4v) is 1.56. The molecule has 0 heterocycles. The van der Waals surface area contributed by atoms with E-state index in [1.807, 2.05) is 0 Å². The van der Waals surface area contributed by atoms with Gasteiger partial charge in [0.05, 0.1) is 24.9 Å². The van der Waals surface area contributed by atoms with E-state index < -0.39 is 0 Å². The van der Waals surface area contributed by atoms with Gasteiger partial charge in [-0.15, -0.1) is 0 Å². The summed E-state index contributed by atoms with van der Waals surface area (Å²) in [6, 6.07) is 3.50. The van der Waals surface area contributed by atoms with Gasteiger partial charge >= 0.3 is 0 Å². The maximum atomic E-state index is 5.98. The van der Waals surface area contributed by atoms with E-state index in [-0.39, 0.29) is 0 Å². The van der Waals surface area contributed by atoms with Crippen LogP contribution >= 0.6 is 27.5 Å². The van der Waals surface area contributed by atoms with Crippen molar-refractivity contribution in [1.82, 2.24) is 0 Å².